The molecular formula is C11H14N4S. The maximum Gasteiger partial charge on any atom is 0.0897 e. The third-order valence-corrected chi connectivity index (χ3v) is 3.05. The van der Waals surface area contributed by atoms with E-state index in [1.807, 2.05) is 25.5 Å². The van der Waals surface area contributed by atoms with Gasteiger partial charge in [-0.25, -0.2) is 9.67 Å². The Hall–Kier alpha value is -1.46. The van der Waals surface area contributed by atoms with E-state index in [0.717, 1.165) is 23.7 Å². The first-order chi connectivity index (χ1) is 7.78. The lowest BCUT2D eigenvalue weighted by Gasteiger charge is -1.99. The number of aromatic nitrogens is 3. The minimum atomic E-state index is 0.810. The van der Waals surface area contributed by atoms with Gasteiger partial charge in [0.25, 0.3) is 0 Å². The summed E-state index contributed by atoms with van der Waals surface area (Å²) in [6.45, 7) is 7.33. The normalized spacial score (nSPS) is 10.6. The fraction of sp³-hybridized carbons (Fsp3) is 0.273. The van der Waals surface area contributed by atoms with Gasteiger partial charge in [0.2, 0.25) is 0 Å². The van der Waals surface area contributed by atoms with Crippen LogP contribution in [0.4, 0.5) is 0 Å². The van der Waals surface area contributed by atoms with E-state index in [2.05, 4.69) is 22.0 Å². The summed E-state index contributed by atoms with van der Waals surface area (Å²) in [5, 5.41) is 8.57. The van der Waals surface area contributed by atoms with Crippen LogP contribution in [0.2, 0.25) is 0 Å². The third-order valence-electron chi connectivity index (χ3n) is 2.14. The zero-order chi connectivity index (χ0) is 11.4. The molecule has 84 valence electrons. The molecule has 0 unspecified atom stereocenters. The number of aryl methyl sites for hydroxylation is 1. The van der Waals surface area contributed by atoms with Crippen LogP contribution in [0.1, 0.15) is 15.4 Å². The molecule has 2 rings (SSSR count). The number of hydrogen-bond donors (Lipinski definition) is 1. The minimum Gasteiger partial charge on any atom is -0.308 e. The largest absolute Gasteiger partial charge is 0.308 e. The quantitative estimate of drug-likeness (QED) is 0.861. The van der Waals surface area contributed by atoms with Crippen LogP contribution < -0.4 is 5.32 Å². The van der Waals surface area contributed by atoms with Crippen molar-refractivity contribution in [1.29, 1.82) is 0 Å². The molecule has 1 N–H and O–H groups in total. The molecule has 0 aliphatic carbocycles. The average Bonchev–Trinajstić information content (AvgIpc) is 2.88. The maximum atomic E-state index is 4.21. The standard InChI is InChI=1S/C11H14N4S/c1-3-15-8-10(5-14-15)4-12-6-11-7-13-9(2)16-11/h3,5,7-8,12H,1,4,6H2,2H3. The van der Waals surface area contributed by atoms with Gasteiger partial charge >= 0.3 is 0 Å². The Kier molecular flexibility index (Phi) is 3.48. The number of nitrogens with one attached hydrogen (secondary N) is 1. The summed E-state index contributed by atoms with van der Waals surface area (Å²) in [4.78, 5) is 5.47. The topological polar surface area (TPSA) is 42.7 Å². The zero-order valence-corrected chi connectivity index (χ0v) is 10.00. The molecule has 2 aromatic heterocycles. The van der Waals surface area contributed by atoms with Crippen molar-refractivity contribution in [1.82, 2.24) is 20.1 Å². The van der Waals surface area contributed by atoms with Gasteiger partial charge in [-0.1, -0.05) is 6.58 Å². The molecule has 0 aliphatic heterocycles. The van der Waals surface area contributed by atoms with Crippen LogP contribution in [0.25, 0.3) is 6.20 Å². The molecule has 5 heteroatoms. The maximum absolute atomic E-state index is 4.21. The van der Waals surface area contributed by atoms with Gasteiger partial charge in [0.1, 0.15) is 0 Å². The highest BCUT2D eigenvalue weighted by Crippen LogP contribution is 2.10. The van der Waals surface area contributed by atoms with Crippen molar-refractivity contribution in [2.24, 2.45) is 0 Å². The van der Waals surface area contributed by atoms with Crippen LogP contribution in [0.5, 0.6) is 0 Å². The van der Waals surface area contributed by atoms with Crippen LogP contribution in [-0.2, 0) is 13.1 Å². The van der Waals surface area contributed by atoms with Gasteiger partial charge in [-0.2, -0.15) is 5.10 Å². The third kappa shape index (κ3) is 2.77. The van der Waals surface area contributed by atoms with Crippen molar-refractivity contribution in [2.75, 3.05) is 0 Å². The lowest BCUT2D eigenvalue weighted by Crippen LogP contribution is -2.11. The average molecular weight is 234 g/mol. The second kappa shape index (κ2) is 5.05. The van der Waals surface area contributed by atoms with E-state index in [1.165, 1.54) is 4.88 Å². The van der Waals surface area contributed by atoms with Gasteiger partial charge in [-0.05, 0) is 6.92 Å². The highest BCUT2D eigenvalue weighted by molar-refractivity contribution is 7.11. The number of hydrogen-bond acceptors (Lipinski definition) is 4. The molecule has 0 amide bonds. The van der Waals surface area contributed by atoms with Crippen molar-refractivity contribution in [3.63, 3.8) is 0 Å². The van der Waals surface area contributed by atoms with Crippen LogP contribution in [-0.4, -0.2) is 14.8 Å². The molecule has 0 spiro atoms. The molecule has 0 saturated heterocycles. The predicted molar refractivity (Wildman–Crippen MR) is 66.0 cm³/mol. The first kappa shape index (κ1) is 11.0. The lowest BCUT2D eigenvalue weighted by atomic mass is 10.3. The van der Waals surface area contributed by atoms with Crippen molar-refractivity contribution >= 4 is 17.5 Å². The number of thiazole rings is 1. The fourth-order valence-corrected chi connectivity index (χ4v) is 2.15. The molecule has 0 bridgehead atoms. The van der Waals surface area contributed by atoms with Gasteiger partial charge in [0.15, 0.2) is 0 Å². The van der Waals surface area contributed by atoms with E-state index in [4.69, 9.17) is 0 Å². The molecular weight excluding hydrogens is 220 g/mol. The van der Waals surface area contributed by atoms with Gasteiger partial charge < -0.3 is 5.32 Å². The molecule has 0 fully saturated rings. The first-order valence-electron chi connectivity index (χ1n) is 5.05. The second-order valence-corrected chi connectivity index (χ2v) is 4.78. The van der Waals surface area contributed by atoms with E-state index in [9.17, 15) is 0 Å². The lowest BCUT2D eigenvalue weighted by molar-refractivity contribution is 0.700. The SMILES string of the molecule is C=Cn1cc(CNCc2cnc(C)s2)cn1. The summed E-state index contributed by atoms with van der Waals surface area (Å²) in [6, 6.07) is 0. The highest BCUT2D eigenvalue weighted by Gasteiger charge is 1.99. The Balaban J connectivity index is 1.81. The summed E-state index contributed by atoms with van der Waals surface area (Å²) < 4.78 is 1.70. The Labute approximate surface area is 98.6 Å². The summed E-state index contributed by atoms with van der Waals surface area (Å²) in [5.41, 5.74) is 1.15. The predicted octanol–water partition coefficient (Wildman–Crippen LogP) is 2.04. The molecule has 0 saturated carbocycles. The first-order valence-corrected chi connectivity index (χ1v) is 5.87. The van der Waals surface area contributed by atoms with Crippen molar-refractivity contribution in [3.8, 4) is 0 Å². The van der Waals surface area contributed by atoms with E-state index < -0.39 is 0 Å². The van der Waals surface area contributed by atoms with Gasteiger partial charge in [0, 0.05) is 42.1 Å². The smallest absolute Gasteiger partial charge is 0.0897 e. The molecule has 16 heavy (non-hydrogen) atoms. The van der Waals surface area contributed by atoms with Crippen LogP contribution in [0.3, 0.4) is 0 Å². The monoisotopic (exact) mass is 234 g/mol. The molecule has 4 nitrogen and oxygen atoms in total. The van der Waals surface area contributed by atoms with Crippen molar-refractivity contribution < 1.29 is 0 Å². The van der Waals surface area contributed by atoms with E-state index >= 15 is 0 Å². The molecule has 2 aromatic rings. The zero-order valence-electron chi connectivity index (χ0n) is 9.18. The fourth-order valence-electron chi connectivity index (χ4n) is 1.39. The van der Waals surface area contributed by atoms with Crippen LogP contribution >= 0.6 is 11.3 Å². The minimum absolute atomic E-state index is 0.810. The Morgan fingerprint density at radius 2 is 2.38 bits per heavy atom. The van der Waals surface area contributed by atoms with Crippen LogP contribution in [0, 0.1) is 6.92 Å². The molecule has 0 atom stereocenters. The van der Waals surface area contributed by atoms with Gasteiger partial charge in [-0.3, -0.25) is 0 Å². The Morgan fingerprint density at radius 1 is 1.50 bits per heavy atom. The van der Waals surface area contributed by atoms with E-state index in [-0.39, 0.29) is 0 Å². The second-order valence-electron chi connectivity index (χ2n) is 3.46. The van der Waals surface area contributed by atoms with Gasteiger partial charge in [-0.15, -0.1) is 11.3 Å². The molecule has 0 aliphatic rings. The van der Waals surface area contributed by atoms with E-state index in [0.29, 0.717) is 0 Å². The molecule has 2 heterocycles. The molecule has 0 aromatic carbocycles. The molecule has 0 radical (unpaired) electrons. The van der Waals surface area contributed by atoms with E-state index in [1.54, 1.807) is 22.2 Å². The Bertz CT molecular complexity index is 472. The highest BCUT2D eigenvalue weighted by atomic mass is 32.1. The Morgan fingerprint density at radius 3 is 3.00 bits per heavy atom. The number of nitrogens with zero attached hydrogens (tertiary/aromatic N) is 3. The number of rotatable bonds is 5. The van der Waals surface area contributed by atoms with Crippen LogP contribution in [0.15, 0.2) is 25.2 Å². The summed E-state index contributed by atoms with van der Waals surface area (Å²) in [7, 11) is 0. The van der Waals surface area contributed by atoms with Crippen molar-refractivity contribution in [3.05, 3.63) is 40.6 Å². The van der Waals surface area contributed by atoms with Gasteiger partial charge in [0.05, 0.1) is 11.2 Å². The summed E-state index contributed by atoms with van der Waals surface area (Å²) >= 11 is 1.72. The van der Waals surface area contributed by atoms with Crippen molar-refractivity contribution in [2.45, 2.75) is 20.0 Å². The summed E-state index contributed by atoms with van der Waals surface area (Å²) in [6.07, 6.45) is 7.39. The summed E-state index contributed by atoms with van der Waals surface area (Å²) in [5.74, 6) is 0.